The molecular weight excluding hydrogens is 229 g/mol. The van der Waals surface area contributed by atoms with Crippen molar-refractivity contribution in [3.63, 3.8) is 0 Å². The lowest BCUT2D eigenvalue weighted by atomic mass is 10.0. The van der Waals surface area contributed by atoms with Gasteiger partial charge in [-0.3, -0.25) is 4.90 Å². The van der Waals surface area contributed by atoms with E-state index in [0.29, 0.717) is 18.2 Å². The molecule has 0 amide bonds. The van der Waals surface area contributed by atoms with Crippen molar-refractivity contribution in [2.75, 3.05) is 20.1 Å². The summed E-state index contributed by atoms with van der Waals surface area (Å²) in [5.41, 5.74) is 1.25. The summed E-state index contributed by atoms with van der Waals surface area (Å²) in [4.78, 5) is 2.22. The van der Waals surface area contributed by atoms with E-state index in [-0.39, 0.29) is 5.82 Å². The van der Waals surface area contributed by atoms with Gasteiger partial charge in [-0.2, -0.15) is 5.26 Å². The number of piperidine rings is 1. The third-order valence-electron chi connectivity index (χ3n) is 3.41. The maximum absolute atomic E-state index is 13.3. The third kappa shape index (κ3) is 3.28. The fourth-order valence-electron chi connectivity index (χ4n) is 2.43. The summed E-state index contributed by atoms with van der Waals surface area (Å²) >= 11 is 0. The van der Waals surface area contributed by atoms with E-state index in [0.717, 1.165) is 18.7 Å². The van der Waals surface area contributed by atoms with Crippen molar-refractivity contribution in [3.05, 3.63) is 35.1 Å². The molecule has 0 spiro atoms. The SMILES string of the molecule is CN(Cc1cc(F)cc(C#N)c1)C1CCCNC1. The lowest BCUT2D eigenvalue weighted by molar-refractivity contribution is 0.195. The molecule has 1 saturated heterocycles. The van der Waals surface area contributed by atoms with Crippen molar-refractivity contribution in [1.82, 2.24) is 10.2 Å². The maximum atomic E-state index is 13.3. The molecule has 1 atom stereocenters. The predicted octanol–water partition coefficient (Wildman–Crippen LogP) is 1.88. The molecule has 1 aromatic rings. The van der Waals surface area contributed by atoms with Crippen LogP contribution in [0.5, 0.6) is 0 Å². The average Bonchev–Trinajstić information content (AvgIpc) is 2.39. The van der Waals surface area contributed by atoms with Crippen LogP contribution in [0, 0.1) is 17.1 Å². The van der Waals surface area contributed by atoms with Gasteiger partial charge in [0.25, 0.3) is 0 Å². The molecule has 1 aliphatic rings. The van der Waals surface area contributed by atoms with Crippen molar-refractivity contribution in [2.24, 2.45) is 0 Å². The molecule has 0 bridgehead atoms. The smallest absolute Gasteiger partial charge is 0.124 e. The second kappa shape index (κ2) is 5.94. The van der Waals surface area contributed by atoms with Crippen LogP contribution in [0.25, 0.3) is 0 Å². The Balaban J connectivity index is 2.04. The summed E-state index contributed by atoms with van der Waals surface area (Å²) in [6, 6.07) is 7.02. The Hall–Kier alpha value is -1.44. The van der Waals surface area contributed by atoms with E-state index < -0.39 is 0 Å². The zero-order valence-electron chi connectivity index (χ0n) is 10.6. The Morgan fingerprint density at radius 2 is 2.33 bits per heavy atom. The Bertz CT molecular complexity index is 447. The van der Waals surface area contributed by atoms with Crippen molar-refractivity contribution in [3.8, 4) is 6.07 Å². The second-order valence-corrected chi connectivity index (χ2v) is 4.88. The summed E-state index contributed by atoms with van der Waals surface area (Å²) in [6.45, 7) is 2.75. The number of likely N-dealkylation sites (N-methyl/N-ethyl adjacent to an activating group) is 1. The predicted molar refractivity (Wildman–Crippen MR) is 68.5 cm³/mol. The van der Waals surface area contributed by atoms with Gasteiger partial charge in [0.05, 0.1) is 11.6 Å². The van der Waals surface area contributed by atoms with E-state index in [1.807, 2.05) is 6.07 Å². The van der Waals surface area contributed by atoms with Gasteiger partial charge in [-0.25, -0.2) is 4.39 Å². The first-order valence-corrected chi connectivity index (χ1v) is 6.29. The first-order chi connectivity index (χ1) is 8.69. The van der Waals surface area contributed by atoms with Crippen LogP contribution in [0.1, 0.15) is 24.0 Å². The van der Waals surface area contributed by atoms with E-state index in [1.54, 1.807) is 6.07 Å². The van der Waals surface area contributed by atoms with E-state index in [9.17, 15) is 4.39 Å². The molecule has 1 heterocycles. The van der Waals surface area contributed by atoms with Gasteiger partial charge in [-0.15, -0.1) is 0 Å². The van der Waals surface area contributed by atoms with Crippen LogP contribution in [-0.2, 0) is 6.54 Å². The van der Waals surface area contributed by atoms with Crippen LogP contribution in [0.3, 0.4) is 0 Å². The standard InChI is InChI=1S/C14H18FN3/c1-18(14-3-2-4-17-9-14)10-12-5-11(8-16)6-13(15)7-12/h5-7,14,17H,2-4,9-10H2,1H3. The number of hydrogen-bond acceptors (Lipinski definition) is 3. The molecule has 0 aromatic heterocycles. The molecule has 0 aliphatic carbocycles. The maximum Gasteiger partial charge on any atom is 0.124 e. The first-order valence-electron chi connectivity index (χ1n) is 6.29. The van der Waals surface area contributed by atoms with Crippen LogP contribution in [0.2, 0.25) is 0 Å². The summed E-state index contributed by atoms with van der Waals surface area (Å²) in [6.07, 6.45) is 2.35. The molecule has 18 heavy (non-hydrogen) atoms. The van der Waals surface area contributed by atoms with E-state index in [4.69, 9.17) is 5.26 Å². The van der Waals surface area contributed by atoms with Gasteiger partial charge >= 0.3 is 0 Å². The Kier molecular flexibility index (Phi) is 4.29. The van der Waals surface area contributed by atoms with Crippen molar-refractivity contribution >= 4 is 0 Å². The van der Waals surface area contributed by atoms with Crippen LogP contribution in [0.15, 0.2) is 18.2 Å². The van der Waals surface area contributed by atoms with Crippen molar-refractivity contribution in [1.29, 1.82) is 5.26 Å². The Labute approximate surface area is 107 Å². The fraction of sp³-hybridized carbons (Fsp3) is 0.500. The number of nitrogens with zero attached hydrogens (tertiary/aromatic N) is 2. The first kappa shape index (κ1) is 13.0. The molecule has 1 aliphatic heterocycles. The molecule has 1 aromatic carbocycles. The van der Waals surface area contributed by atoms with Gasteiger partial charge in [-0.1, -0.05) is 0 Å². The molecule has 1 unspecified atom stereocenters. The summed E-state index contributed by atoms with van der Waals surface area (Å²) in [7, 11) is 2.05. The van der Waals surface area contributed by atoms with Gasteiger partial charge in [0.15, 0.2) is 0 Å². The molecule has 0 saturated carbocycles. The van der Waals surface area contributed by atoms with E-state index in [2.05, 4.69) is 17.3 Å². The van der Waals surface area contributed by atoms with Gasteiger partial charge in [0, 0.05) is 19.1 Å². The minimum absolute atomic E-state index is 0.334. The van der Waals surface area contributed by atoms with Crippen LogP contribution in [-0.4, -0.2) is 31.1 Å². The normalized spacial score (nSPS) is 19.8. The van der Waals surface area contributed by atoms with E-state index >= 15 is 0 Å². The highest BCUT2D eigenvalue weighted by Crippen LogP contribution is 2.14. The zero-order chi connectivity index (χ0) is 13.0. The summed E-state index contributed by atoms with van der Waals surface area (Å²) in [5, 5.41) is 12.2. The Morgan fingerprint density at radius 3 is 3.00 bits per heavy atom. The van der Waals surface area contributed by atoms with Gasteiger partial charge in [0.2, 0.25) is 0 Å². The number of nitrogens with one attached hydrogen (secondary N) is 1. The molecule has 1 fully saturated rings. The van der Waals surface area contributed by atoms with Gasteiger partial charge in [0.1, 0.15) is 5.82 Å². The summed E-state index contributed by atoms with van der Waals surface area (Å²) in [5.74, 6) is -0.334. The number of rotatable bonds is 3. The molecule has 2 rings (SSSR count). The fourth-order valence-corrected chi connectivity index (χ4v) is 2.43. The average molecular weight is 247 g/mol. The van der Waals surface area contributed by atoms with Gasteiger partial charge in [-0.05, 0) is 50.2 Å². The number of nitriles is 1. The third-order valence-corrected chi connectivity index (χ3v) is 3.41. The molecule has 1 N–H and O–H groups in total. The number of benzene rings is 1. The highest BCUT2D eigenvalue weighted by Gasteiger charge is 2.17. The van der Waals surface area contributed by atoms with Crippen molar-refractivity contribution in [2.45, 2.75) is 25.4 Å². The zero-order valence-corrected chi connectivity index (χ0v) is 10.6. The largest absolute Gasteiger partial charge is 0.315 e. The van der Waals surface area contributed by atoms with Crippen molar-refractivity contribution < 1.29 is 4.39 Å². The second-order valence-electron chi connectivity index (χ2n) is 4.88. The van der Waals surface area contributed by atoms with E-state index in [1.165, 1.54) is 25.0 Å². The lowest BCUT2D eigenvalue weighted by Gasteiger charge is -2.31. The molecule has 96 valence electrons. The van der Waals surface area contributed by atoms with Crippen LogP contribution >= 0.6 is 0 Å². The minimum atomic E-state index is -0.334. The monoisotopic (exact) mass is 247 g/mol. The summed E-state index contributed by atoms with van der Waals surface area (Å²) < 4.78 is 13.3. The number of hydrogen-bond donors (Lipinski definition) is 1. The molecule has 3 nitrogen and oxygen atoms in total. The van der Waals surface area contributed by atoms with Crippen LogP contribution in [0.4, 0.5) is 4.39 Å². The Morgan fingerprint density at radius 1 is 1.50 bits per heavy atom. The topological polar surface area (TPSA) is 39.1 Å². The number of halogens is 1. The highest BCUT2D eigenvalue weighted by atomic mass is 19.1. The molecular formula is C14H18FN3. The van der Waals surface area contributed by atoms with Gasteiger partial charge < -0.3 is 5.32 Å². The highest BCUT2D eigenvalue weighted by molar-refractivity contribution is 5.33. The molecule has 0 radical (unpaired) electrons. The molecule has 4 heteroatoms. The minimum Gasteiger partial charge on any atom is -0.315 e. The quantitative estimate of drug-likeness (QED) is 0.886. The van der Waals surface area contributed by atoms with Crippen LogP contribution < -0.4 is 5.32 Å². The lowest BCUT2D eigenvalue weighted by Crippen LogP contribution is -2.43.